The zero-order valence-electron chi connectivity index (χ0n) is 18.8. The lowest BCUT2D eigenvalue weighted by molar-refractivity contribution is -0.646. The van der Waals surface area contributed by atoms with Crippen LogP contribution in [-0.2, 0) is 9.84 Å². The number of aromatic nitrogens is 1. The van der Waals surface area contributed by atoms with E-state index < -0.39 is 15.1 Å². The second kappa shape index (κ2) is 12.1. The molecule has 1 aromatic heterocycles. The average molecular weight is 432 g/mol. The van der Waals surface area contributed by atoms with E-state index in [0.717, 1.165) is 36.0 Å². The van der Waals surface area contributed by atoms with E-state index >= 15 is 0 Å². The highest BCUT2D eigenvalue weighted by Crippen LogP contribution is 2.34. The normalized spacial score (nSPS) is 12.8. The molecule has 0 aliphatic rings. The number of benzene rings is 1. The Bertz CT molecular complexity index is 893. The summed E-state index contributed by atoms with van der Waals surface area (Å²) in [5.41, 5.74) is 2.81. The summed E-state index contributed by atoms with van der Waals surface area (Å²) in [4.78, 5) is 0. The fourth-order valence-corrected chi connectivity index (χ4v) is 5.94. The smallest absolute Gasteiger partial charge is 0.309 e. The number of hydrogen-bond donors (Lipinski definition) is 0. The molecule has 0 N–H and O–H groups in total. The van der Waals surface area contributed by atoms with Gasteiger partial charge in [-0.15, -0.1) is 0 Å². The third-order valence-corrected chi connectivity index (χ3v) is 7.94. The van der Waals surface area contributed by atoms with E-state index in [2.05, 4.69) is 6.92 Å². The third-order valence-electron chi connectivity index (χ3n) is 5.81. The van der Waals surface area contributed by atoms with Gasteiger partial charge in [-0.25, -0.2) is 8.42 Å². The number of sulfone groups is 1. The van der Waals surface area contributed by atoms with Crippen molar-refractivity contribution in [1.29, 1.82) is 0 Å². The van der Waals surface area contributed by atoms with Gasteiger partial charge in [-0.1, -0.05) is 88.5 Å². The first-order chi connectivity index (χ1) is 14.4. The van der Waals surface area contributed by atoms with E-state index in [1.807, 2.05) is 32.0 Å². The standard InChI is InChI=1S/C25H37NO3S/c1-4-5-6-7-8-9-10-11-12-15-24(23-20-21(2)17-18-22(23)3)30(28,29)25-16-13-14-19-26(25)27/h13-14,16-20,24H,4-12,15H2,1-3H3. The maximum atomic E-state index is 13.5. The molecule has 0 bridgehead atoms. The van der Waals surface area contributed by atoms with E-state index in [1.165, 1.54) is 50.8 Å². The van der Waals surface area contributed by atoms with Crippen LogP contribution in [0.3, 0.4) is 0 Å². The fourth-order valence-electron chi connectivity index (χ4n) is 4.00. The molecule has 0 fully saturated rings. The van der Waals surface area contributed by atoms with Crippen LogP contribution >= 0.6 is 0 Å². The van der Waals surface area contributed by atoms with Gasteiger partial charge in [-0.05, 0) is 37.5 Å². The first-order valence-corrected chi connectivity index (χ1v) is 12.9. The van der Waals surface area contributed by atoms with Gasteiger partial charge >= 0.3 is 5.03 Å². The third kappa shape index (κ3) is 6.83. The number of hydrogen-bond acceptors (Lipinski definition) is 3. The Morgan fingerprint density at radius 2 is 1.53 bits per heavy atom. The topological polar surface area (TPSA) is 61.1 Å². The molecule has 166 valence electrons. The van der Waals surface area contributed by atoms with Crippen LogP contribution in [0.4, 0.5) is 0 Å². The maximum absolute atomic E-state index is 13.5. The van der Waals surface area contributed by atoms with Gasteiger partial charge < -0.3 is 5.21 Å². The molecule has 0 aliphatic heterocycles. The van der Waals surface area contributed by atoms with Crippen molar-refractivity contribution < 1.29 is 13.1 Å². The minimum atomic E-state index is -3.78. The molecular weight excluding hydrogens is 394 g/mol. The molecule has 0 amide bonds. The highest BCUT2D eigenvalue weighted by atomic mass is 32.2. The molecule has 2 aromatic rings. The number of nitrogens with zero attached hydrogens (tertiary/aromatic N) is 1. The molecular formula is C25H37NO3S. The van der Waals surface area contributed by atoms with Crippen LogP contribution in [0.2, 0.25) is 0 Å². The SMILES string of the molecule is CCCCCCCCCCCC(c1cc(C)ccc1C)S(=O)(=O)c1cccc[n+]1[O-]. The molecule has 0 spiro atoms. The molecule has 1 unspecified atom stereocenters. The molecule has 1 aromatic carbocycles. The van der Waals surface area contributed by atoms with Crippen LogP contribution in [0.25, 0.3) is 0 Å². The fraction of sp³-hybridized carbons (Fsp3) is 0.560. The van der Waals surface area contributed by atoms with Gasteiger partial charge in [0.25, 0.3) is 0 Å². The lowest BCUT2D eigenvalue weighted by Gasteiger charge is -2.20. The molecule has 0 saturated heterocycles. The average Bonchev–Trinajstić information content (AvgIpc) is 2.71. The van der Waals surface area contributed by atoms with Crippen LogP contribution in [0, 0.1) is 19.1 Å². The van der Waals surface area contributed by atoms with Gasteiger partial charge in [-0.3, -0.25) is 0 Å². The van der Waals surface area contributed by atoms with Crippen LogP contribution in [0.5, 0.6) is 0 Å². The van der Waals surface area contributed by atoms with Gasteiger partial charge in [0.15, 0.2) is 6.20 Å². The quantitative estimate of drug-likeness (QED) is 0.210. The summed E-state index contributed by atoms with van der Waals surface area (Å²) in [6.45, 7) is 6.15. The molecule has 1 heterocycles. The summed E-state index contributed by atoms with van der Waals surface area (Å²) in [7, 11) is -3.78. The molecule has 0 radical (unpaired) electrons. The van der Waals surface area contributed by atoms with E-state index in [1.54, 1.807) is 12.1 Å². The Kier molecular flexibility index (Phi) is 9.83. The Hall–Kier alpha value is -1.88. The van der Waals surface area contributed by atoms with Crippen molar-refractivity contribution in [1.82, 2.24) is 0 Å². The van der Waals surface area contributed by atoms with Crippen molar-refractivity contribution in [3.05, 3.63) is 64.5 Å². The van der Waals surface area contributed by atoms with Gasteiger partial charge in [0, 0.05) is 12.1 Å². The van der Waals surface area contributed by atoms with Crippen LogP contribution in [0.15, 0.2) is 47.6 Å². The van der Waals surface area contributed by atoms with Crippen molar-refractivity contribution >= 4 is 9.84 Å². The minimum Gasteiger partial charge on any atom is -0.618 e. The maximum Gasteiger partial charge on any atom is 0.309 e. The molecule has 2 rings (SSSR count). The number of pyridine rings is 1. The van der Waals surface area contributed by atoms with Gasteiger partial charge in [0.2, 0.25) is 9.84 Å². The Labute approximate surface area is 182 Å². The molecule has 4 nitrogen and oxygen atoms in total. The minimum absolute atomic E-state index is 0.160. The monoisotopic (exact) mass is 431 g/mol. The van der Waals surface area contributed by atoms with Crippen molar-refractivity contribution in [3.63, 3.8) is 0 Å². The highest BCUT2D eigenvalue weighted by Gasteiger charge is 2.35. The number of rotatable bonds is 13. The largest absolute Gasteiger partial charge is 0.618 e. The summed E-state index contributed by atoms with van der Waals surface area (Å²) in [5.74, 6) is 0. The Balaban J connectivity index is 2.10. The molecule has 1 atom stereocenters. The second-order valence-electron chi connectivity index (χ2n) is 8.38. The highest BCUT2D eigenvalue weighted by molar-refractivity contribution is 7.91. The molecule has 0 aliphatic carbocycles. The van der Waals surface area contributed by atoms with Crippen LogP contribution in [-0.4, -0.2) is 8.42 Å². The Morgan fingerprint density at radius 3 is 2.17 bits per heavy atom. The lowest BCUT2D eigenvalue weighted by atomic mass is 9.98. The number of aryl methyl sites for hydroxylation is 2. The first-order valence-electron chi connectivity index (χ1n) is 11.4. The van der Waals surface area contributed by atoms with E-state index in [9.17, 15) is 13.6 Å². The summed E-state index contributed by atoms with van der Waals surface area (Å²) < 4.78 is 27.4. The van der Waals surface area contributed by atoms with E-state index in [-0.39, 0.29) is 5.03 Å². The molecule has 0 saturated carbocycles. The predicted molar refractivity (Wildman–Crippen MR) is 123 cm³/mol. The van der Waals surface area contributed by atoms with Gasteiger partial charge in [-0.2, -0.15) is 4.73 Å². The van der Waals surface area contributed by atoms with Crippen LogP contribution in [0.1, 0.15) is 93.1 Å². The Morgan fingerprint density at radius 1 is 0.900 bits per heavy atom. The summed E-state index contributed by atoms with van der Waals surface area (Å²) in [6, 6.07) is 10.5. The van der Waals surface area contributed by atoms with Crippen molar-refractivity contribution in [2.24, 2.45) is 0 Å². The van der Waals surface area contributed by atoms with Crippen molar-refractivity contribution in [3.8, 4) is 0 Å². The molecule has 5 heteroatoms. The summed E-state index contributed by atoms with van der Waals surface area (Å²) >= 11 is 0. The number of unbranched alkanes of at least 4 members (excludes halogenated alkanes) is 8. The first kappa shape index (κ1) is 24.4. The summed E-state index contributed by atoms with van der Waals surface area (Å²) in [5, 5.41) is 11.4. The van der Waals surface area contributed by atoms with Crippen LogP contribution < -0.4 is 4.73 Å². The van der Waals surface area contributed by atoms with Crippen molar-refractivity contribution in [2.45, 2.75) is 95.3 Å². The van der Waals surface area contributed by atoms with E-state index in [4.69, 9.17) is 0 Å². The van der Waals surface area contributed by atoms with Gasteiger partial charge in [0.05, 0.1) is 5.25 Å². The zero-order valence-corrected chi connectivity index (χ0v) is 19.6. The zero-order chi connectivity index (χ0) is 22.0. The second-order valence-corrected chi connectivity index (χ2v) is 10.5. The predicted octanol–water partition coefficient (Wildman–Crippen LogP) is 6.37. The van der Waals surface area contributed by atoms with E-state index in [0.29, 0.717) is 11.2 Å². The lowest BCUT2D eigenvalue weighted by Crippen LogP contribution is -2.35. The molecule has 30 heavy (non-hydrogen) atoms. The van der Waals surface area contributed by atoms with Gasteiger partial charge in [0.1, 0.15) is 0 Å². The summed E-state index contributed by atoms with van der Waals surface area (Å²) in [6.07, 6.45) is 12.5. The van der Waals surface area contributed by atoms with Crippen molar-refractivity contribution in [2.75, 3.05) is 0 Å².